The molecule has 0 N–H and O–H groups in total. The van der Waals surface area contributed by atoms with Gasteiger partial charge in [-0.25, -0.2) is 22.5 Å². The van der Waals surface area contributed by atoms with Crippen LogP contribution in [0.4, 0.5) is 23.2 Å². The lowest BCUT2D eigenvalue weighted by Gasteiger charge is -2.35. The molecule has 8 heteroatoms. The maximum absolute atomic E-state index is 13.7. The molecule has 3 nitrogen and oxygen atoms in total. The molecule has 0 atom stereocenters. The SMILES string of the molecule is FC1(F)CCN(Cc2nc(Br)ccc2N2CCCC(F)(F)C2)C1. The molecule has 0 aliphatic carbocycles. The summed E-state index contributed by atoms with van der Waals surface area (Å²) in [5.41, 5.74) is 1.18. The van der Waals surface area contributed by atoms with Gasteiger partial charge < -0.3 is 4.90 Å². The van der Waals surface area contributed by atoms with Crippen LogP contribution in [0, 0.1) is 0 Å². The van der Waals surface area contributed by atoms with E-state index >= 15 is 0 Å². The van der Waals surface area contributed by atoms with E-state index in [9.17, 15) is 17.6 Å². The van der Waals surface area contributed by atoms with Crippen LogP contribution in [-0.2, 0) is 6.54 Å². The van der Waals surface area contributed by atoms with E-state index in [0.29, 0.717) is 29.0 Å². The van der Waals surface area contributed by atoms with Crippen LogP contribution >= 0.6 is 15.9 Å². The second-order valence-corrected chi connectivity index (χ2v) is 7.11. The number of hydrogen-bond acceptors (Lipinski definition) is 3. The number of piperidine rings is 1. The van der Waals surface area contributed by atoms with Gasteiger partial charge in [0.1, 0.15) is 4.60 Å². The highest BCUT2D eigenvalue weighted by Crippen LogP contribution is 2.34. The van der Waals surface area contributed by atoms with Gasteiger partial charge in [0.05, 0.1) is 24.5 Å². The number of likely N-dealkylation sites (tertiary alicyclic amines) is 1. The number of pyridine rings is 1. The summed E-state index contributed by atoms with van der Waals surface area (Å²) in [6.45, 7) is 0.404. The fourth-order valence-electron chi connectivity index (χ4n) is 3.20. The maximum Gasteiger partial charge on any atom is 0.265 e. The molecule has 0 aromatic carbocycles. The fraction of sp³-hybridized carbons (Fsp3) is 0.667. The molecule has 2 aliphatic heterocycles. The second-order valence-electron chi connectivity index (χ2n) is 6.30. The third-order valence-corrected chi connectivity index (χ3v) is 4.71. The van der Waals surface area contributed by atoms with Crippen molar-refractivity contribution >= 4 is 21.6 Å². The van der Waals surface area contributed by atoms with Crippen molar-refractivity contribution in [3.05, 3.63) is 22.4 Å². The van der Waals surface area contributed by atoms with Gasteiger partial charge >= 0.3 is 0 Å². The summed E-state index contributed by atoms with van der Waals surface area (Å²) in [7, 11) is 0. The van der Waals surface area contributed by atoms with Gasteiger partial charge in [-0.2, -0.15) is 0 Å². The number of aromatic nitrogens is 1. The minimum absolute atomic E-state index is 0.110. The smallest absolute Gasteiger partial charge is 0.265 e. The minimum Gasteiger partial charge on any atom is -0.364 e. The summed E-state index contributed by atoms with van der Waals surface area (Å²) < 4.78 is 54.6. The summed E-state index contributed by atoms with van der Waals surface area (Å²) in [6, 6.07) is 3.44. The van der Waals surface area contributed by atoms with Crippen LogP contribution in [0.1, 0.15) is 25.0 Å². The van der Waals surface area contributed by atoms with E-state index in [-0.39, 0.29) is 39.0 Å². The highest BCUT2D eigenvalue weighted by Gasteiger charge is 2.39. The molecule has 0 saturated carbocycles. The molecule has 0 amide bonds. The maximum atomic E-state index is 13.7. The largest absolute Gasteiger partial charge is 0.364 e. The van der Waals surface area contributed by atoms with Crippen molar-refractivity contribution in [3.8, 4) is 0 Å². The Morgan fingerprint density at radius 1 is 1.04 bits per heavy atom. The van der Waals surface area contributed by atoms with Crippen LogP contribution in [0.5, 0.6) is 0 Å². The number of hydrogen-bond donors (Lipinski definition) is 0. The van der Waals surface area contributed by atoms with Crippen LogP contribution in [0.15, 0.2) is 16.7 Å². The number of nitrogens with zero attached hydrogens (tertiary/aromatic N) is 3. The van der Waals surface area contributed by atoms with Gasteiger partial charge in [-0.1, -0.05) is 0 Å². The van der Waals surface area contributed by atoms with Crippen molar-refractivity contribution in [3.63, 3.8) is 0 Å². The van der Waals surface area contributed by atoms with E-state index in [1.165, 1.54) is 0 Å². The Kier molecular flexibility index (Phi) is 4.57. The van der Waals surface area contributed by atoms with E-state index in [1.54, 1.807) is 21.9 Å². The monoisotopic (exact) mass is 395 g/mol. The molecule has 0 bridgehead atoms. The first-order valence-corrected chi connectivity index (χ1v) is 8.42. The lowest BCUT2D eigenvalue weighted by molar-refractivity contribution is -0.0117. The predicted molar refractivity (Wildman–Crippen MR) is 83.2 cm³/mol. The Balaban J connectivity index is 1.81. The minimum atomic E-state index is -2.72. The Bertz CT molecular complexity index is 582. The van der Waals surface area contributed by atoms with E-state index < -0.39 is 11.8 Å². The molecular formula is C15H18BrF4N3. The summed E-state index contributed by atoms with van der Waals surface area (Å²) in [5, 5.41) is 0. The highest BCUT2D eigenvalue weighted by atomic mass is 79.9. The Morgan fingerprint density at radius 3 is 2.43 bits per heavy atom. The third kappa shape index (κ3) is 4.15. The quantitative estimate of drug-likeness (QED) is 0.571. The van der Waals surface area contributed by atoms with Crippen LogP contribution in [0.3, 0.4) is 0 Å². The number of anilines is 1. The molecule has 3 heterocycles. The lowest BCUT2D eigenvalue weighted by atomic mass is 10.1. The Morgan fingerprint density at radius 2 is 1.78 bits per heavy atom. The van der Waals surface area contributed by atoms with Gasteiger partial charge in [0, 0.05) is 32.5 Å². The fourth-order valence-corrected chi connectivity index (χ4v) is 3.54. The molecular weight excluding hydrogens is 378 g/mol. The van der Waals surface area contributed by atoms with Gasteiger partial charge in [0.25, 0.3) is 11.8 Å². The van der Waals surface area contributed by atoms with Crippen molar-refractivity contribution in [2.24, 2.45) is 0 Å². The van der Waals surface area contributed by atoms with Crippen molar-refractivity contribution in [1.29, 1.82) is 0 Å². The molecule has 1 aromatic heterocycles. The van der Waals surface area contributed by atoms with Crippen molar-refractivity contribution < 1.29 is 17.6 Å². The average molecular weight is 396 g/mol. The summed E-state index contributed by atoms with van der Waals surface area (Å²) in [5.74, 6) is -5.40. The molecule has 0 unspecified atom stereocenters. The molecule has 2 saturated heterocycles. The van der Waals surface area contributed by atoms with Gasteiger partial charge in [0.2, 0.25) is 0 Å². The zero-order chi connectivity index (χ0) is 16.7. The number of halogens is 5. The van der Waals surface area contributed by atoms with Crippen molar-refractivity contribution in [2.75, 3.05) is 31.1 Å². The van der Waals surface area contributed by atoms with Crippen LogP contribution in [0.2, 0.25) is 0 Å². The standard InChI is InChI=1S/C15H18BrF4N3/c16-13-3-2-12(23-6-1-4-14(17,18)10-23)11(21-13)8-22-7-5-15(19,20)9-22/h2-3H,1,4-10H2. The van der Waals surface area contributed by atoms with Gasteiger partial charge in [-0.15, -0.1) is 0 Å². The third-order valence-electron chi connectivity index (χ3n) is 4.27. The average Bonchev–Trinajstić information content (AvgIpc) is 2.77. The molecule has 0 radical (unpaired) electrons. The molecule has 0 spiro atoms. The molecule has 1 aromatic rings. The molecule has 2 aliphatic rings. The first-order chi connectivity index (χ1) is 10.7. The van der Waals surface area contributed by atoms with Gasteiger partial charge in [-0.05, 0) is 34.5 Å². The van der Waals surface area contributed by atoms with E-state index in [2.05, 4.69) is 20.9 Å². The summed E-state index contributed by atoms with van der Waals surface area (Å²) in [6.07, 6.45) is 0.129. The molecule has 2 fully saturated rings. The van der Waals surface area contributed by atoms with Crippen molar-refractivity contribution in [2.45, 2.75) is 37.7 Å². The molecule has 3 rings (SSSR count). The predicted octanol–water partition coefficient (Wildman–Crippen LogP) is 3.92. The zero-order valence-electron chi connectivity index (χ0n) is 12.5. The normalized spacial score (nSPS) is 24.1. The topological polar surface area (TPSA) is 19.4 Å². The van der Waals surface area contributed by atoms with Crippen LogP contribution in [-0.4, -0.2) is 47.9 Å². The highest BCUT2D eigenvalue weighted by molar-refractivity contribution is 9.10. The lowest BCUT2D eigenvalue weighted by Crippen LogP contribution is -2.43. The first-order valence-electron chi connectivity index (χ1n) is 7.63. The van der Waals surface area contributed by atoms with E-state index in [4.69, 9.17) is 0 Å². The number of rotatable bonds is 3. The summed E-state index contributed by atoms with van der Waals surface area (Å²) >= 11 is 3.27. The van der Waals surface area contributed by atoms with E-state index in [0.717, 1.165) is 0 Å². The molecule has 23 heavy (non-hydrogen) atoms. The van der Waals surface area contributed by atoms with Crippen molar-refractivity contribution in [1.82, 2.24) is 9.88 Å². The van der Waals surface area contributed by atoms with Gasteiger partial charge in [-0.3, -0.25) is 4.90 Å². The van der Waals surface area contributed by atoms with E-state index in [1.807, 2.05) is 0 Å². The van der Waals surface area contributed by atoms with Gasteiger partial charge in [0.15, 0.2) is 0 Å². The number of alkyl halides is 4. The molecule has 128 valence electrons. The Hall–Kier alpha value is -0.890. The summed E-state index contributed by atoms with van der Waals surface area (Å²) in [4.78, 5) is 7.59. The van der Waals surface area contributed by atoms with Crippen LogP contribution < -0.4 is 4.90 Å². The van der Waals surface area contributed by atoms with Crippen LogP contribution in [0.25, 0.3) is 0 Å². The Labute approximate surface area is 140 Å². The zero-order valence-corrected chi connectivity index (χ0v) is 14.1. The second kappa shape index (κ2) is 6.20. The first kappa shape index (κ1) is 17.0.